The van der Waals surface area contributed by atoms with Gasteiger partial charge in [-0.05, 0) is 60.0 Å². The van der Waals surface area contributed by atoms with E-state index in [9.17, 15) is 0 Å². The van der Waals surface area contributed by atoms with E-state index in [2.05, 4.69) is 58.5 Å². The first-order valence-corrected chi connectivity index (χ1v) is 8.81. The second-order valence-electron chi connectivity index (χ2n) is 5.28. The number of hydrogen-bond acceptors (Lipinski definition) is 3. The Labute approximate surface area is 147 Å². The first kappa shape index (κ1) is 17.8. The van der Waals surface area contributed by atoms with Crippen molar-refractivity contribution in [3.63, 3.8) is 0 Å². The van der Waals surface area contributed by atoms with Crippen LogP contribution >= 0.6 is 15.9 Å². The summed E-state index contributed by atoms with van der Waals surface area (Å²) in [5.41, 5.74) is 2.44. The quantitative estimate of drug-likeness (QED) is 0.694. The SMILES string of the molecule is CCOc1cc(CN[C@@H](C)c2ccccc2)cc(Br)c1OCC. The second-order valence-corrected chi connectivity index (χ2v) is 6.14. The molecule has 23 heavy (non-hydrogen) atoms. The first-order valence-electron chi connectivity index (χ1n) is 8.02. The van der Waals surface area contributed by atoms with Crippen molar-refractivity contribution in [2.75, 3.05) is 13.2 Å². The van der Waals surface area contributed by atoms with Gasteiger partial charge in [0, 0.05) is 12.6 Å². The molecular formula is C19H24BrNO2. The van der Waals surface area contributed by atoms with Crippen LogP contribution in [-0.4, -0.2) is 13.2 Å². The van der Waals surface area contributed by atoms with Crippen molar-refractivity contribution < 1.29 is 9.47 Å². The van der Waals surface area contributed by atoms with Crippen LogP contribution in [0.25, 0.3) is 0 Å². The van der Waals surface area contributed by atoms with Crippen LogP contribution < -0.4 is 14.8 Å². The zero-order chi connectivity index (χ0) is 16.7. The van der Waals surface area contributed by atoms with Crippen molar-refractivity contribution in [3.8, 4) is 11.5 Å². The van der Waals surface area contributed by atoms with Gasteiger partial charge in [0.2, 0.25) is 0 Å². The van der Waals surface area contributed by atoms with Crippen molar-refractivity contribution in [2.24, 2.45) is 0 Å². The highest BCUT2D eigenvalue weighted by molar-refractivity contribution is 9.10. The zero-order valence-corrected chi connectivity index (χ0v) is 15.5. The Balaban J connectivity index is 2.10. The molecule has 0 aliphatic carbocycles. The summed E-state index contributed by atoms with van der Waals surface area (Å²) in [7, 11) is 0. The molecule has 4 heteroatoms. The molecule has 124 valence electrons. The molecule has 2 rings (SSSR count). The van der Waals surface area contributed by atoms with Crippen molar-refractivity contribution >= 4 is 15.9 Å². The lowest BCUT2D eigenvalue weighted by molar-refractivity contribution is 0.286. The van der Waals surface area contributed by atoms with E-state index in [1.807, 2.05) is 26.0 Å². The summed E-state index contributed by atoms with van der Waals surface area (Å²) in [5, 5.41) is 3.55. The Morgan fingerprint density at radius 3 is 2.39 bits per heavy atom. The Morgan fingerprint density at radius 2 is 1.74 bits per heavy atom. The number of rotatable bonds is 8. The van der Waals surface area contributed by atoms with Crippen LogP contribution in [0.3, 0.4) is 0 Å². The van der Waals surface area contributed by atoms with Crippen LogP contribution in [0.2, 0.25) is 0 Å². The Bertz CT molecular complexity index is 616. The number of benzene rings is 2. The molecule has 0 unspecified atom stereocenters. The Morgan fingerprint density at radius 1 is 1.04 bits per heavy atom. The lowest BCUT2D eigenvalue weighted by Gasteiger charge is -2.17. The summed E-state index contributed by atoms with van der Waals surface area (Å²) in [6, 6.07) is 14.9. The van der Waals surface area contributed by atoms with Crippen LogP contribution in [0.5, 0.6) is 11.5 Å². The van der Waals surface area contributed by atoms with Crippen LogP contribution in [0.1, 0.15) is 37.9 Å². The molecule has 1 atom stereocenters. The van der Waals surface area contributed by atoms with Gasteiger partial charge in [-0.25, -0.2) is 0 Å². The van der Waals surface area contributed by atoms with Gasteiger partial charge in [-0.1, -0.05) is 30.3 Å². The van der Waals surface area contributed by atoms with Crippen molar-refractivity contribution in [1.29, 1.82) is 0 Å². The van der Waals surface area contributed by atoms with Crippen LogP contribution in [0.4, 0.5) is 0 Å². The van der Waals surface area contributed by atoms with Crippen molar-refractivity contribution in [2.45, 2.75) is 33.4 Å². The Hall–Kier alpha value is -1.52. The third-order valence-corrected chi connectivity index (χ3v) is 4.16. The van der Waals surface area contributed by atoms with Gasteiger partial charge in [-0.3, -0.25) is 0 Å². The first-order chi connectivity index (χ1) is 11.2. The van der Waals surface area contributed by atoms with E-state index in [1.165, 1.54) is 5.56 Å². The number of hydrogen-bond donors (Lipinski definition) is 1. The summed E-state index contributed by atoms with van der Waals surface area (Å²) in [6.45, 7) is 8.11. The summed E-state index contributed by atoms with van der Waals surface area (Å²) in [6.07, 6.45) is 0. The molecule has 1 N–H and O–H groups in total. The minimum atomic E-state index is 0.289. The average molecular weight is 378 g/mol. The normalized spacial score (nSPS) is 12.0. The fourth-order valence-corrected chi connectivity index (χ4v) is 3.01. The van der Waals surface area contributed by atoms with E-state index in [4.69, 9.17) is 9.47 Å². The molecule has 0 bridgehead atoms. The molecule has 0 saturated heterocycles. The summed E-state index contributed by atoms with van der Waals surface area (Å²) in [5.74, 6) is 1.56. The van der Waals surface area contributed by atoms with E-state index in [0.717, 1.165) is 28.1 Å². The van der Waals surface area contributed by atoms with Gasteiger partial charge in [-0.2, -0.15) is 0 Å². The fourth-order valence-electron chi connectivity index (χ4n) is 2.40. The van der Waals surface area contributed by atoms with E-state index in [-0.39, 0.29) is 6.04 Å². The molecule has 0 aliphatic heterocycles. The monoisotopic (exact) mass is 377 g/mol. The number of halogens is 1. The average Bonchev–Trinajstić information content (AvgIpc) is 2.57. The number of ether oxygens (including phenoxy) is 2. The molecule has 0 aromatic heterocycles. The standard InChI is InChI=1S/C19H24BrNO2/c1-4-22-18-12-15(11-17(20)19(18)23-5-2)13-21-14(3)16-9-7-6-8-10-16/h6-12,14,21H,4-5,13H2,1-3H3/t14-/m0/s1. The Kier molecular flexibility index (Phi) is 6.93. The largest absolute Gasteiger partial charge is 0.490 e. The fraction of sp³-hybridized carbons (Fsp3) is 0.368. The third-order valence-electron chi connectivity index (χ3n) is 3.57. The minimum Gasteiger partial charge on any atom is -0.490 e. The van der Waals surface area contributed by atoms with E-state index in [1.54, 1.807) is 0 Å². The van der Waals surface area contributed by atoms with Crippen molar-refractivity contribution in [1.82, 2.24) is 5.32 Å². The molecule has 0 radical (unpaired) electrons. The second kappa shape index (κ2) is 8.94. The molecule has 0 aliphatic rings. The maximum absolute atomic E-state index is 5.72. The maximum Gasteiger partial charge on any atom is 0.175 e. The lowest BCUT2D eigenvalue weighted by atomic mass is 10.1. The van der Waals surface area contributed by atoms with Crippen LogP contribution in [0, 0.1) is 0 Å². The predicted octanol–water partition coefficient (Wildman–Crippen LogP) is 5.10. The maximum atomic E-state index is 5.72. The van der Waals surface area contributed by atoms with E-state index < -0.39 is 0 Å². The lowest BCUT2D eigenvalue weighted by Crippen LogP contribution is -2.18. The molecule has 0 saturated carbocycles. The van der Waals surface area contributed by atoms with Gasteiger partial charge in [0.15, 0.2) is 11.5 Å². The van der Waals surface area contributed by atoms with E-state index in [0.29, 0.717) is 13.2 Å². The summed E-state index contributed by atoms with van der Waals surface area (Å²) in [4.78, 5) is 0. The molecule has 0 heterocycles. The molecule has 3 nitrogen and oxygen atoms in total. The topological polar surface area (TPSA) is 30.5 Å². The molecular weight excluding hydrogens is 354 g/mol. The third kappa shape index (κ3) is 4.98. The highest BCUT2D eigenvalue weighted by atomic mass is 79.9. The molecule has 2 aromatic rings. The highest BCUT2D eigenvalue weighted by Crippen LogP contribution is 2.37. The smallest absolute Gasteiger partial charge is 0.175 e. The number of nitrogens with one attached hydrogen (secondary N) is 1. The molecule has 2 aromatic carbocycles. The van der Waals surface area contributed by atoms with Crippen LogP contribution in [-0.2, 0) is 6.54 Å². The summed E-state index contributed by atoms with van der Waals surface area (Å²) >= 11 is 3.59. The zero-order valence-electron chi connectivity index (χ0n) is 13.9. The van der Waals surface area contributed by atoms with Gasteiger partial charge in [-0.15, -0.1) is 0 Å². The predicted molar refractivity (Wildman–Crippen MR) is 98.2 cm³/mol. The van der Waals surface area contributed by atoms with Gasteiger partial charge in [0.25, 0.3) is 0 Å². The van der Waals surface area contributed by atoms with Gasteiger partial charge >= 0.3 is 0 Å². The highest BCUT2D eigenvalue weighted by Gasteiger charge is 2.12. The van der Waals surface area contributed by atoms with E-state index >= 15 is 0 Å². The molecule has 0 fully saturated rings. The van der Waals surface area contributed by atoms with Gasteiger partial charge < -0.3 is 14.8 Å². The molecule has 0 amide bonds. The summed E-state index contributed by atoms with van der Waals surface area (Å²) < 4.78 is 12.3. The molecule has 0 spiro atoms. The van der Waals surface area contributed by atoms with Gasteiger partial charge in [0.05, 0.1) is 17.7 Å². The van der Waals surface area contributed by atoms with Crippen molar-refractivity contribution in [3.05, 3.63) is 58.1 Å². The minimum absolute atomic E-state index is 0.289. The van der Waals surface area contributed by atoms with Crippen LogP contribution in [0.15, 0.2) is 46.9 Å². The van der Waals surface area contributed by atoms with Gasteiger partial charge in [0.1, 0.15) is 0 Å².